The summed E-state index contributed by atoms with van der Waals surface area (Å²) in [5, 5.41) is 0. The maximum atomic E-state index is 5.78. The number of hydrogen-bond donors (Lipinski definition) is 0. The number of aromatic nitrogens is 1. The van der Waals surface area contributed by atoms with Crippen LogP contribution in [-0.4, -0.2) is 24.3 Å². The van der Waals surface area contributed by atoms with Gasteiger partial charge >= 0.3 is 0 Å². The Morgan fingerprint density at radius 1 is 1.35 bits per heavy atom. The number of hydrogen-bond acceptors (Lipinski definition) is 3. The highest BCUT2D eigenvalue weighted by atomic mass is 16.5. The molecule has 1 aromatic rings. The van der Waals surface area contributed by atoms with E-state index in [4.69, 9.17) is 9.47 Å². The predicted octanol–water partition coefficient (Wildman–Crippen LogP) is 3.01. The lowest BCUT2D eigenvalue weighted by atomic mass is 9.94. The third-order valence-electron chi connectivity index (χ3n) is 3.42. The van der Waals surface area contributed by atoms with E-state index in [9.17, 15) is 0 Å². The molecule has 0 aliphatic carbocycles. The van der Waals surface area contributed by atoms with E-state index >= 15 is 0 Å². The monoisotopic (exact) mass is 235 g/mol. The van der Waals surface area contributed by atoms with Crippen LogP contribution in [0.15, 0.2) is 18.3 Å². The first kappa shape index (κ1) is 12.4. The fourth-order valence-corrected chi connectivity index (χ4v) is 1.87. The van der Waals surface area contributed by atoms with E-state index in [0.717, 1.165) is 24.5 Å². The van der Waals surface area contributed by atoms with Crippen LogP contribution >= 0.6 is 0 Å². The lowest BCUT2D eigenvalue weighted by molar-refractivity contribution is 0.141. The van der Waals surface area contributed by atoms with Crippen LogP contribution in [0.25, 0.3) is 0 Å². The minimum absolute atomic E-state index is 0.199. The molecular weight excluding hydrogens is 214 g/mol. The van der Waals surface area contributed by atoms with Crippen molar-refractivity contribution in [3.8, 4) is 5.75 Å². The summed E-state index contributed by atoms with van der Waals surface area (Å²) in [6.45, 7) is 8.14. The van der Waals surface area contributed by atoms with Crippen LogP contribution in [0.5, 0.6) is 5.75 Å². The van der Waals surface area contributed by atoms with E-state index in [0.29, 0.717) is 18.4 Å². The zero-order valence-corrected chi connectivity index (χ0v) is 10.8. The average molecular weight is 235 g/mol. The highest BCUT2D eigenvalue weighted by Crippen LogP contribution is 2.23. The molecule has 0 radical (unpaired) electrons. The maximum absolute atomic E-state index is 5.78. The van der Waals surface area contributed by atoms with E-state index in [1.54, 1.807) is 0 Å². The lowest BCUT2D eigenvalue weighted by Crippen LogP contribution is -2.16. The van der Waals surface area contributed by atoms with Gasteiger partial charge in [-0.15, -0.1) is 0 Å². The van der Waals surface area contributed by atoms with E-state index in [1.807, 2.05) is 12.3 Å². The molecule has 94 valence electrons. The SMILES string of the molecule is CC(C)C(C)c1ccc(O[C@H]2CCOC2)cn1. The largest absolute Gasteiger partial charge is 0.486 e. The summed E-state index contributed by atoms with van der Waals surface area (Å²) in [5.74, 6) is 1.94. The van der Waals surface area contributed by atoms with Gasteiger partial charge in [0, 0.05) is 18.0 Å². The Bertz CT molecular complexity index is 342. The standard InChI is InChI=1S/C14H21NO2/c1-10(2)11(3)14-5-4-12(8-15-14)17-13-6-7-16-9-13/h4-5,8,10-11,13H,6-7,9H2,1-3H3/t11?,13-/m0/s1. The molecular formula is C14H21NO2. The Balaban J connectivity index is 1.97. The number of nitrogens with zero attached hydrogens (tertiary/aromatic N) is 1. The molecule has 1 aliphatic heterocycles. The molecule has 1 unspecified atom stereocenters. The molecule has 0 spiro atoms. The van der Waals surface area contributed by atoms with Crippen molar-refractivity contribution >= 4 is 0 Å². The quantitative estimate of drug-likeness (QED) is 0.804. The van der Waals surface area contributed by atoms with Crippen molar-refractivity contribution in [1.82, 2.24) is 4.98 Å². The van der Waals surface area contributed by atoms with Crippen molar-refractivity contribution in [2.45, 2.75) is 39.2 Å². The molecule has 17 heavy (non-hydrogen) atoms. The molecule has 0 amide bonds. The summed E-state index contributed by atoms with van der Waals surface area (Å²) in [5.41, 5.74) is 1.13. The van der Waals surface area contributed by atoms with Gasteiger partial charge in [-0.2, -0.15) is 0 Å². The normalized spacial score (nSPS) is 21.8. The molecule has 3 nitrogen and oxygen atoms in total. The van der Waals surface area contributed by atoms with Crippen LogP contribution in [0.3, 0.4) is 0 Å². The Labute approximate surface area is 103 Å². The second-order valence-electron chi connectivity index (χ2n) is 5.05. The lowest BCUT2D eigenvalue weighted by Gasteiger charge is -2.16. The molecule has 1 aromatic heterocycles. The highest BCUT2D eigenvalue weighted by Gasteiger charge is 2.17. The predicted molar refractivity (Wildman–Crippen MR) is 67.3 cm³/mol. The zero-order valence-electron chi connectivity index (χ0n) is 10.8. The summed E-state index contributed by atoms with van der Waals surface area (Å²) in [7, 11) is 0. The molecule has 1 fully saturated rings. The van der Waals surface area contributed by atoms with Gasteiger partial charge in [-0.3, -0.25) is 4.98 Å². The number of ether oxygens (including phenoxy) is 2. The van der Waals surface area contributed by atoms with Gasteiger partial charge in [0.05, 0.1) is 19.4 Å². The van der Waals surface area contributed by atoms with Gasteiger partial charge in [0.1, 0.15) is 11.9 Å². The Kier molecular flexibility index (Phi) is 4.00. The van der Waals surface area contributed by atoms with Crippen LogP contribution in [-0.2, 0) is 4.74 Å². The molecule has 1 aliphatic rings. The number of pyridine rings is 1. The molecule has 2 atom stereocenters. The van der Waals surface area contributed by atoms with E-state index in [2.05, 4.69) is 31.8 Å². The molecule has 0 bridgehead atoms. The Morgan fingerprint density at radius 2 is 2.18 bits per heavy atom. The Morgan fingerprint density at radius 3 is 2.71 bits per heavy atom. The minimum atomic E-state index is 0.199. The summed E-state index contributed by atoms with van der Waals surface area (Å²) in [6, 6.07) is 4.08. The van der Waals surface area contributed by atoms with Crippen LogP contribution in [0, 0.1) is 5.92 Å². The first-order valence-corrected chi connectivity index (χ1v) is 6.37. The summed E-state index contributed by atoms with van der Waals surface area (Å²) in [6.07, 6.45) is 3.00. The van der Waals surface area contributed by atoms with Gasteiger partial charge in [-0.25, -0.2) is 0 Å². The molecule has 0 aromatic carbocycles. The van der Waals surface area contributed by atoms with Crippen LogP contribution in [0.1, 0.15) is 38.8 Å². The van der Waals surface area contributed by atoms with E-state index in [1.165, 1.54) is 0 Å². The van der Waals surface area contributed by atoms with Gasteiger partial charge in [0.15, 0.2) is 0 Å². The van der Waals surface area contributed by atoms with E-state index < -0.39 is 0 Å². The molecule has 2 heterocycles. The first-order chi connectivity index (χ1) is 8.16. The average Bonchev–Trinajstić information content (AvgIpc) is 2.82. The van der Waals surface area contributed by atoms with Crippen molar-refractivity contribution < 1.29 is 9.47 Å². The fraction of sp³-hybridized carbons (Fsp3) is 0.643. The molecule has 0 saturated carbocycles. The van der Waals surface area contributed by atoms with Gasteiger partial charge in [0.25, 0.3) is 0 Å². The topological polar surface area (TPSA) is 31.4 Å². The first-order valence-electron chi connectivity index (χ1n) is 6.37. The maximum Gasteiger partial charge on any atom is 0.138 e. The van der Waals surface area contributed by atoms with Crippen molar-refractivity contribution in [3.05, 3.63) is 24.0 Å². The summed E-state index contributed by atoms with van der Waals surface area (Å²) < 4.78 is 11.1. The third kappa shape index (κ3) is 3.19. The van der Waals surface area contributed by atoms with Gasteiger partial charge in [0.2, 0.25) is 0 Å². The second kappa shape index (κ2) is 5.50. The smallest absolute Gasteiger partial charge is 0.138 e. The zero-order chi connectivity index (χ0) is 12.3. The van der Waals surface area contributed by atoms with Crippen molar-refractivity contribution in [2.75, 3.05) is 13.2 Å². The van der Waals surface area contributed by atoms with Gasteiger partial charge in [-0.05, 0) is 18.1 Å². The minimum Gasteiger partial charge on any atom is -0.486 e. The van der Waals surface area contributed by atoms with Crippen LogP contribution in [0.2, 0.25) is 0 Å². The molecule has 2 rings (SSSR count). The van der Waals surface area contributed by atoms with Crippen molar-refractivity contribution in [1.29, 1.82) is 0 Å². The number of rotatable bonds is 4. The van der Waals surface area contributed by atoms with Crippen molar-refractivity contribution in [2.24, 2.45) is 5.92 Å². The van der Waals surface area contributed by atoms with Crippen LogP contribution in [0.4, 0.5) is 0 Å². The third-order valence-corrected chi connectivity index (χ3v) is 3.42. The molecule has 1 saturated heterocycles. The van der Waals surface area contributed by atoms with Crippen molar-refractivity contribution in [3.63, 3.8) is 0 Å². The second-order valence-corrected chi connectivity index (χ2v) is 5.05. The molecule has 0 N–H and O–H groups in total. The highest BCUT2D eigenvalue weighted by molar-refractivity contribution is 5.22. The summed E-state index contributed by atoms with van der Waals surface area (Å²) >= 11 is 0. The van der Waals surface area contributed by atoms with Gasteiger partial charge < -0.3 is 9.47 Å². The van der Waals surface area contributed by atoms with Crippen LogP contribution < -0.4 is 4.74 Å². The molecule has 3 heteroatoms. The van der Waals surface area contributed by atoms with E-state index in [-0.39, 0.29) is 6.10 Å². The summed E-state index contributed by atoms with van der Waals surface area (Å²) in [4.78, 5) is 4.48. The van der Waals surface area contributed by atoms with Gasteiger partial charge in [-0.1, -0.05) is 20.8 Å². The Hall–Kier alpha value is -1.09. The fourth-order valence-electron chi connectivity index (χ4n) is 1.87.